The quantitative estimate of drug-likeness (QED) is 0.496. The van der Waals surface area contributed by atoms with Crippen LogP contribution in [0.1, 0.15) is 43.2 Å². The van der Waals surface area contributed by atoms with Crippen molar-refractivity contribution in [2.24, 2.45) is 11.8 Å². The minimum absolute atomic E-state index is 0.129. The summed E-state index contributed by atoms with van der Waals surface area (Å²) in [5.41, 5.74) is 1.14. The van der Waals surface area contributed by atoms with E-state index in [1.165, 1.54) is 18.2 Å². The molecule has 3 aromatic rings. The maximum absolute atomic E-state index is 14.0. The fourth-order valence-corrected chi connectivity index (χ4v) is 4.76. The highest BCUT2D eigenvalue weighted by molar-refractivity contribution is 5.54. The number of halogens is 3. The Kier molecular flexibility index (Phi) is 6.41. The lowest BCUT2D eigenvalue weighted by atomic mass is 9.75. The van der Waals surface area contributed by atoms with Crippen molar-refractivity contribution < 1.29 is 17.7 Å². The Labute approximate surface area is 180 Å². The van der Waals surface area contributed by atoms with E-state index in [9.17, 15) is 13.2 Å². The fourth-order valence-electron chi connectivity index (χ4n) is 4.76. The molecule has 0 amide bonds. The molecule has 4 rings (SSSR count). The predicted octanol–water partition coefficient (Wildman–Crippen LogP) is 5.81. The van der Waals surface area contributed by atoms with Crippen molar-refractivity contribution >= 4 is 0 Å². The first-order valence-electron chi connectivity index (χ1n) is 10.6. The molecule has 0 bridgehead atoms. The van der Waals surface area contributed by atoms with Gasteiger partial charge in [0, 0.05) is 18.5 Å². The highest BCUT2D eigenvalue weighted by atomic mass is 19.1. The van der Waals surface area contributed by atoms with Crippen LogP contribution in [0.15, 0.2) is 47.0 Å². The predicted molar refractivity (Wildman–Crippen MR) is 112 cm³/mol. The van der Waals surface area contributed by atoms with Crippen LogP contribution in [0.25, 0.3) is 11.4 Å². The molecular formula is C24H26F3N3O. The molecular weight excluding hydrogens is 403 g/mol. The summed E-state index contributed by atoms with van der Waals surface area (Å²) in [5.74, 6) is -0.104. The minimum Gasteiger partial charge on any atom is -0.339 e. The lowest BCUT2D eigenvalue weighted by Crippen LogP contribution is -2.30. The van der Waals surface area contributed by atoms with Gasteiger partial charge in [-0.2, -0.15) is 4.98 Å². The van der Waals surface area contributed by atoms with Crippen LogP contribution < -0.4 is 0 Å². The van der Waals surface area contributed by atoms with Crippen LogP contribution in [0.3, 0.4) is 0 Å². The van der Waals surface area contributed by atoms with Crippen LogP contribution in [0, 0.1) is 29.3 Å². The van der Waals surface area contributed by atoms with Crippen LogP contribution in [-0.2, 0) is 6.42 Å². The molecule has 164 valence electrons. The molecule has 4 nitrogen and oxygen atoms in total. The number of rotatable bonds is 6. The summed E-state index contributed by atoms with van der Waals surface area (Å²) in [6.07, 6.45) is 4.70. The smallest absolute Gasteiger partial charge is 0.227 e. The molecule has 1 fully saturated rings. The number of aromatic nitrogens is 2. The Morgan fingerprint density at radius 2 is 1.74 bits per heavy atom. The highest BCUT2D eigenvalue weighted by Crippen LogP contribution is 2.40. The summed E-state index contributed by atoms with van der Waals surface area (Å²) in [4.78, 5) is 6.48. The first-order chi connectivity index (χ1) is 14.9. The molecule has 0 aliphatic heterocycles. The van der Waals surface area contributed by atoms with E-state index in [4.69, 9.17) is 4.52 Å². The molecule has 1 heterocycles. The molecule has 31 heavy (non-hydrogen) atoms. The van der Waals surface area contributed by atoms with Crippen molar-refractivity contribution in [2.75, 3.05) is 14.1 Å². The summed E-state index contributed by atoms with van der Waals surface area (Å²) < 4.78 is 46.2. The second-order valence-corrected chi connectivity index (χ2v) is 8.58. The molecule has 1 atom stereocenters. The van der Waals surface area contributed by atoms with Crippen LogP contribution in [0.5, 0.6) is 0 Å². The Hall–Kier alpha value is -2.67. The standard InChI is InChI=1S/C24H26F3N3O/c1-30(2)23(17-4-3-5-18(25)13-17)16-8-6-15(7-9-16)12-22-28-24(29-31-22)20-11-10-19(26)14-21(20)27/h3-5,10-11,13-16,23H,6-9,12H2,1-2H3. The van der Waals surface area contributed by atoms with Crippen LogP contribution in [0.4, 0.5) is 13.2 Å². The Morgan fingerprint density at radius 1 is 1.00 bits per heavy atom. The van der Waals surface area contributed by atoms with Crippen molar-refractivity contribution in [3.8, 4) is 11.4 Å². The van der Waals surface area contributed by atoms with E-state index in [0.29, 0.717) is 24.1 Å². The van der Waals surface area contributed by atoms with Crippen molar-refractivity contribution in [3.63, 3.8) is 0 Å². The third-order valence-electron chi connectivity index (χ3n) is 6.19. The Bertz CT molecular complexity index is 1030. The average Bonchev–Trinajstić information content (AvgIpc) is 3.17. The molecule has 1 unspecified atom stereocenters. The zero-order chi connectivity index (χ0) is 22.0. The van der Waals surface area contributed by atoms with Gasteiger partial charge in [0.05, 0.1) is 5.56 Å². The Morgan fingerprint density at radius 3 is 2.42 bits per heavy atom. The summed E-state index contributed by atoms with van der Waals surface area (Å²) >= 11 is 0. The molecule has 1 aromatic heterocycles. The first kappa shape index (κ1) is 21.6. The first-order valence-corrected chi connectivity index (χ1v) is 10.6. The van der Waals surface area contributed by atoms with E-state index in [1.54, 1.807) is 12.1 Å². The van der Waals surface area contributed by atoms with Crippen molar-refractivity contribution in [1.29, 1.82) is 0 Å². The lowest BCUT2D eigenvalue weighted by Gasteiger charge is -2.37. The SMILES string of the molecule is CN(C)C(c1cccc(F)c1)C1CCC(Cc2nc(-c3ccc(F)cc3F)no2)CC1. The zero-order valence-corrected chi connectivity index (χ0v) is 17.7. The molecule has 0 N–H and O–H groups in total. The van der Waals surface area contributed by atoms with Gasteiger partial charge < -0.3 is 9.42 Å². The number of benzene rings is 2. The van der Waals surface area contributed by atoms with E-state index in [0.717, 1.165) is 37.3 Å². The number of hydrogen-bond donors (Lipinski definition) is 0. The van der Waals surface area contributed by atoms with Gasteiger partial charge in [0.25, 0.3) is 0 Å². The van der Waals surface area contributed by atoms with Gasteiger partial charge in [0.2, 0.25) is 11.7 Å². The molecule has 2 aromatic carbocycles. The van der Waals surface area contributed by atoms with Gasteiger partial charge in [-0.3, -0.25) is 0 Å². The summed E-state index contributed by atoms with van der Waals surface area (Å²) in [6.45, 7) is 0. The molecule has 0 saturated heterocycles. The van der Waals surface area contributed by atoms with Crippen molar-refractivity contribution in [1.82, 2.24) is 15.0 Å². The average molecular weight is 429 g/mol. The third-order valence-corrected chi connectivity index (χ3v) is 6.19. The van der Waals surface area contributed by atoms with Crippen molar-refractivity contribution in [2.45, 2.75) is 38.1 Å². The van der Waals surface area contributed by atoms with E-state index in [1.807, 2.05) is 20.2 Å². The van der Waals surface area contributed by atoms with E-state index < -0.39 is 11.6 Å². The second kappa shape index (κ2) is 9.22. The molecule has 1 aliphatic rings. The summed E-state index contributed by atoms with van der Waals surface area (Å²) in [5, 5.41) is 3.87. The highest BCUT2D eigenvalue weighted by Gasteiger charge is 2.31. The van der Waals surface area contributed by atoms with Crippen LogP contribution in [0.2, 0.25) is 0 Å². The largest absolute Gasteiger partial charge is 0.339 e. The zero-order valence-electron chi connectivity index (χ0n) is 17.7. The fraction of sp³-hybridized carbons (Fsp3) is 0.417. The van der Waals surface area contributed by atoms with Crippen LogP contribution in [-0.4, -0.2) is 29.1 Å². The topological polar surface area (TPSA) is 42.2 Å². The Balaban J connectivity index is 1.38. The van der Waals surface area contributed by atoms with Gasteiger partial charge in [-0.25, -0.2) is 13.2 Å². The normalized spacial score (nSPS) is 20.2. The number of hydrogen-bond acceptors (Lipinski definition) is 4. The van der Waals surface area contributed by atoms with Crippen molar-refractivity contribution in [3.05, 3.63) is 71.4 Å². The maximum atomic E-state index is 14.0. The molecule has 1 aliphatic carbocycles. The van der Waals surface area contributed by atoms with E-state index in [2.05, 4.69) is 15.0 Å². The van der Waals surface area contributed by atoms with E-state index >= 15 is 0 Å². The van der Waals surface area contributed by atoms with Gasteiger partial charge in [0.15, 0.2) is 0 Å². The maximum Gasteiger partial charge on any atom is 0.227 e. The van der Waals surface area contributed by atoms with Crippen LogP contribution >= 0.6 is 0 Å². The third kappa shape index (κ3) is 4.98. The second-order valence-electron chi connectivity index (χ2n) is 8.58. The number of nitrogens with zero attached hydrogens (tertiary/aromatic N) is 3. The molecule has 7 heteroatoms. The summed E-state index contributed by atoms with van der Waals surface area (Å²) in [6, 6.07) is 10.3. The molecule has 1 saturated carbocycles. The van der Waals surface area contributed by atoms with Gasteiger partial charge in [-0.05, 0) is 81.4 Å². The van der Waals surface area contributed by atoms with Gasteiger partial charge in [-0.1, -0.05) is 17.3 Å². The monoisotopic (exact) mass is 429 g/mol. The van der Waals surface area contributed by atoms with Gasteiger partial charge in [0.1, 0.15) is 17.5 Å². The molecule has 0 spiro atoms. The van der Waals surface area contributed by atoms with E-state index in [-0.39, 0.29) is 23.2 Å². The lowest BCUT2D eigenvalue weighted by molar-refractivity contribution is 0.145. The van der Waals surface area contributed by atoms with Gasteiger partial charge in [-0.15, -0.1) is 0 Å². The molecule has 0 radical (unpaired) electrons. The summed E-state index contributed by atoms with van der Waals surface area (Å²) in [7, 11) is 4.08. The minimum atomic E-state index is -0.708. The van der Waals surface area contributed by atoms with Gasteiger partial charge >= 0.3 is 0 Å².